The van der Waals surface area contributed by atoms with Gasteiger partial charge in [-0.1, -0.05) is 11.6 Å². The maximum atomic E-state index is 12.1. The summed E-state index contributed by atoms with van der Waals surface area (Å²) in [7, 11) is 0. The van der Waals surface area contributed by atoms with E-state index in [1.807, 2.05) is 0 Å². The Morgan fingerprint density at radius 3 is 2.68 bits per heavy atom. The Hall–Kier alpha value is -2.28. The predicted octanol–water partition coefficient (Wildman–Crippen LogP) is 1.32. The molecule has 1 aliphatic heterocycles. The van der Waals surface area contributed by atoms with Crippen molar-refractivity contribution in [3.05, 3.63) is 41.8 Å². The number of carbonyl (C=O) groups is 1. The first-order valence-corrected chi connectivity index (χ1v) is 7.39. The van der Waals surface area contributed by atoms with E-state index in [1.54, 1.807) is 18.5 Å². The fourth-order valence-electron chi connectivity index (χ4n) is 2.46. The zero-order valence-corrected chi connectivity index (χ0v) is 12.6. The standard InChI is InChI=1S/C14H15ClN6O/c15-11-7-17-9-19-13(11)21-5-2-10(3-6-21)20-14(22)12-1-4-16-8-18-12/h1,4,7-10H,2-3,5-6H2,(H,20,22). The molecule has 1 N–H and O–H groups in total. The van der Waals surface area contributed by atoms with E-state index in [0.29, 0.717) is 10.7 Å². The number of carbonyl (C=O) groups excluding carboxylic acids is 1. The molecule has 1 aliphatic rings. The van der Waals surface area contributed by atoms with Crippen LogP contribution in [0.25, 0.3) is 0 Å². The zero-order valence-electron chi connectivity index (χ0n) is 11.8. The van der Waals surface area contributed by atoms with Crippen LogP contribution in [0.15, 0.2) is 31.1 Å². The Labute approximate surface area is 132 Å². The molecular formula is C14H15ClN6O. The molecule has 0 unspecified atom stereocenters. The molecule has 0 spiro atoms. The first-order chi connectivity index (χ1) is 10.7. The van der Waals surface area contributed by atoms with Crippen molar-refractivity contribution >= 4 is 23.3 Å². The largest absolute Gasteiger partial charge is 0.355 e. The molecule has 1 fully saturated rings. The number of aromatic nitrogens is 4. The van der Waals surface area contributed by atoms with Gasteiger partial charge in [0.05, 0.1) is 6.20 Å². The van der Waals surface area contributed by atoms with Crippen molar-refractivity contribution in [2.45, 2.75) is 18.9 Å². The maximum absolute atomic E-state index is 12.1. The van der Waals surface area contributed by atoms with E-state index in [4.69, 9.17) is 11.6 Å². The monoisotopic (exact) mass is 318 g/mol. The summed E-state index contributed by atoms with van der Waals surface area (Å²) >= 11 is 6.11. The van der Waals surface area contributed by atoms with Gasteiger partial charge in [-0.15, -0.1) is 0 Å². The minimum atomic E-state index is -0.166. The van der Waals surface area contributed by atoms with Gasteiger partial charge in [0.1, 0.15) is 23.4 Å². The van der Waals surface area contributed by atoms with Gasteiger partial charge in [-0.05, 0) is 18.9 Å². The number of nitrogens with zero attached hydrogens (tertiary/aromatic N) is 5. The lowest BCUT2D eigenvalue weighted by atomic mass is 10.0. The van der Waals surface area contributed by atoms with Gasteiger partial charge in [-0.2, -0.15) is 0 Å². The highest BCUT2D eigenvalue weighted by Gasteiger charge is 2.23. The van der Waals surface area contributed by atoms with Crippen LogP contribution in [0, 0.1) is 0 Å². The van der Waals surface area contributed by atoms with Gasteiger partial charge in [-0.3, -0.25) is 4.79 Å². The van der Waals surface area contributed by atoms with Gasteiger partial charge < -0.3 is 10.2 Å². The third kappa shape index (κ3) is 3.30. The summed E-state index contributed by atoms with van der Waals surface area (Å²) in [6, 6.07) is 1.73. The molecule has 2 aromatic heterocycles. The van der Waals surface area contributed by atoms with Gasteiger partial charge in [-0.25, -0.2) is 19.9 Å². The summed E-state index contributed by atoms with van der Waals surface area (Å²) in [5, 5.41) is 3.55. The van der Waals surface area contributed by atoms with Gasteiger partial charge in [0.2, 0.25) is 0 Å². The molecule has 0 bridgehead atoms. The molecule has 0 aliphatic carbocycles. The van der Waals surface area contributed by atoms with Crippen LogP contribution in [0.1, 0.15) is 23.3 Å². The van der Waals surface area contributed by atoms with Crippen molar-refractivity contribution in [1.82, 2.24) is 25.3 Å². The number of anilines is 1. The highest BCUT2D eigenvalue weighted by molar-refractivity contribution is 6.32. The number of piperidine rings is 1. The smallest absolute Gasteiger partial charge is 0.270 e. The molecule has 2 aromatic rings. The van der Waals surface area contributed by atoms with Crippen molar-refractivity contribution < 1.29 is 4.79 Å². The van der Waals surface area contributed by atoms with E-state index in [-0.39, 0.29) is 11.9 Å². The number of amides is 1. The van der Waals surface area contributed by atoms with Gasteiger partial charge in [0.15, 0.2) is 5.82 Å². The number of nitrogens with one attached hydrogen (secondary N) is 1. The van der Waals surface area contributed by atoms with Gasteiger partial charge in [0.25, 0.3) is 5.91 Å². The van der Waals surface area contributed by atoms with Crippen molar-refractivity contribution in [1.29, 1.82) is 0 Å². The normalized spacial score (nSPS) is 15.6. The van der Waals surface area contributed by atoms with Gasteiger partial charge >= 0.3 is 0 Å². The van der Waals surface area contributed by atoms with E-state index < -0.39 is 0 Å². The second-order valence-electron chi connectivity index (χ2n) is 5.02. The van der Waals surface area contributed by atoms with Crippen LogP contribution < -0.4 is 10.2 Å². The predicted molar refractivity (Wildman–Crippen MR) is 81.8 cm³/mol. The lowest BCUT2D eigenvalue weighted by Gasteiger charge is -2.33. The van der Waals surface area contributed by atoms with Crippen molar-refractivity contribution in [3.63, 3.8) is 0 Å². The van der Waals surface area contributed by atoms with Crippen molar-refractivity contribution in [2.24, 2.45) is 0 Å². The Bertz CT molecular complexity index is 645. The summed E-state index contributed by atoms with van der Waals surface area (Å²) in [6.45, 7) is 1.57. The molecule has 7 nitrogen and oxygen atoms in total. The first kappa shape index (κ1) is 14.6. The Balaban J connectivity index is 1.56. The molecule has 1 amide bonds. The molecule has 3 heterocycles. The van der Waals surface area contributed by atoms with Crippen LogP contribution in [0.5, 0.6) is 0 Å². The quantitative estimate of drug-likeness (QED) is 0.919. The molecule has 8 heteroatoms. The van der Waals surface area contributed by atoms with Crippen LogP contribution in [-0.2, 0) is 0 Å². The Morgan fingerprint density at radius 1 is 1.23 bits per heavy atom. The number of halogens is 1. The van der Waals surface area contributed by atoms with Crippen molar-refractivity contribution in [2.75, 3.05) is 18.0 Å². The second-order valence-corrected chi connectivity index (χ2v) is 5.43. The van der Waals surface area contributed by atoms with Crippen LogP contribution in [0.4, 0.5) is 5.82 Å². The summed E-state index contributed by atoms with van der Waals surface area (Å²) in [6.07, 6.45) is 7.67. The fraction of sp³-hybridized carbons (Fsp3) is 0.357. The van der Waals surface area contributed by atoms with E-state index in [0.717, 1.165) is 31.7 Å². The number of rotatable bonds is 3. The highest BCUT2D eigenvalue weighted by atomic mass is 35.5. The summed E-state index contributed by atoms with van der Waals surface area (Å²) in [5.41, 5.74) is 0.385. The van der Waals surface area contributed by atoms with E-state index in [9.17, 15) is 4.79 Å². The summed E-state index contributed by atoms with van der Waals surface area (Å²) in [4.78, 5) is 30.0. The lowest BCUT2D eigenvalue weighted by molar-refractivity contribution is 0.0926. The SMILES string of the molecule is O=C(NC1CCN(c2ncncc2Cl)CC1)c1ccncn1. The van der Waals surface area contributed by atoms with Gasteiger partial charge in [0, 0.05) is 25.3 Å². The van der Waals surface area contributed by atoms with Crippen LogP contribution in [0.2, 0.25) is 5.02 Å². The molecule has 0 saturated carbocycles. The molecule has 0 aromatic carbocycles. The highest BCUT2D eigenvalue weighted by Crippen LogP contribution is 2.24. The molecule has 1 saturated heterocycles. The Kier molecular flexibility index (Phi) is 4.43. The van der Waals surface area contributed by atoms with E-state index in [2.05, 4.69) is 30.2 Å². The minimum absolute atomic E-state index is 0.124. The average Bonchev–Trinajstić information content (AvgIpc) is 2.57. The number of hydrogen-bond acceptors (Lipinski definition) is 6. The summed E-state index contributed by atoms with van der Waals surface area (Å²) < 4.78 is 0. The summed E-state index contributed by atoms with van der Waals surface area (Å²) in [5.74, 6) is 0.582. The molecule has 22 heavy (non-hydrogen) atoms. The van der Waals surface area contributed by atoms with Crippen LogP contribution >= 0.6 is 11.6 Å². The van der Waals surface area contributed by atoms with Crippen LogP contribution in [0.3, 0.4) is 0 Å². The van der Waals surface area contributed by atoms with Crippen molar-refractivity contribution in [3.8, 4) is 0 Å². The second kappa shape index (κ2) is 6.65. The first-order valence-electron chi connectivity index (χ1n) is 7.01. The van der Waals surface area contributed by atoms with E-state index in [1.165, 1.54) is 12.7 Å². The fourth-order valence-corrected chi connectivity index (χ4v) is 2.68. The topological polar surface area (TPSA) is 83.9 Å². The maximum Gasteiger partial charge on any atom is 0.270 e. The Morgan fingerprint density at radius 2 is 2.00 bits per heavy atom. The van der Waals surface area contributed by atoms with Crippen LogP contribution in [-0.4, -0.2) is 45.0 Å². The molecule has 0 radical (unpaired) electrons. The van der Waals surface area contributed by atoms with E-state index >= 15 is 0 Å². The number of hydrogen-bond donors (Lipinski definition) is 1. The third-order valence-electron chi connectivity index (χ3n) is 3.59. The molecule has 114 valence electrons. The minimum Gasteiger partial charge on any atom is -0.355 e. The molecule has 3 rings (SSSR count). The average molecular weight is 319 g/mol. The third-order valence-corrected chi connectivity index (χ3v) is 3.86. The lowest BCUT2D eigenvalue weighted by Crippen LogP contribution is -2.45. The molecule has 0 atom stereocenters. The molecular weight excluding hydrogens is 304 g/mol. The zero-order chi connectivity index (χ0) is 15.4.